The van der Waals surface area contributed by atoms with Crippen LogP contribution in [0.4, 0.5) is 10.8 Å². The molecule has 0 bridgehead atoms. The normalized spacial score (nSPS) is 13.2. The lowest BCUT2D eigenvalue weighted by atomic mass is 10.1. The molecule has 3 rings (SSSR count). The minimum Gasteiger partial charge on any atom is -0.462 e. The van der Waals surface area contributed by atoms with Crippen molar-refractivity contribution in [1.82, 2.24) is 10.3 Å². The number of ether oxygens (including phenoxy) is 1. The average molecular weight is 431 g/mol. The Hall–Kier alpha value is -2.94. The van der Waals surface area contributed by atoms with E-state index in [1.165, 1.54) is 12.8 Å². The van der Waals surface area contributed by atoms with Gasteiger partial charge in [0.2, 0.25) is 5.91 Å². The van der Waals surface area contributed by atoms with Gasteiger partial charge in [0.15, 0.2) is 5.13 Å². The second-order valence-electron chi connectivity index (χ2n) is 6.95. The van der Waals surface area contributed by atoms with Crippen LogP contribution in [0.2, 0.25) is 0 Å². The number of carbonyl (C=O) groups excluding carboxylic acids is 3. The van der Waals surface area contributed by atoms with Crippen LogP contribution in [0, 0.1) is 6.92 Å². The maximum atomic E-state index is 12.4. The smallest absolute Gasteiger partial charge is 0.350 e. The highest BCUT2D eigenvalue weighted by Crippen LogP contribution is 2.23. The van der Waals surface area contributed by atoms with E-state index in [-0.39, 0.29) is 31.4 Å². The van der Waals surface area contributed by atoms with Gasteiger partial charge in [0.05, 0.1) is 12.3 Å². The number of amides is 2. The van der Waals surface area contributed by atoms with Crippen molar-refractivity contribution >= 4 is 39.9 Å². The van der Waals surface area contributed by atoms with Crippen molar-refractivity contribution in [3.05, 3.63) is 40.4 Å². The number of carbonyl (C=O) groups is 3. The van der Waals surface area contributed by atoms with E-state index in [9.17, 15) is 14.4 Å². The first kappa shape index (κ1) is 21.8. The molecule has 0 radical (unpaired) electrons. The van der Waals surface area contributed by atoms with Gasteiger partial charge in [-0.15, -0.1) is 0 Å². The summed E-state index contributed by atoms with van der Waals surface area (Å²) in [5.74, 6) is -0.944. The molecule has 160 valence electrons. The number of anilines is 2. The van der Waals surface area contributed by atoms with Gasteiger partial charge in [0, 0.05) is 37.3 Å². The molecule has 0 aliphatic carbocycles. The topological polar surface area (TPSA) is 101 Å². The highest BCUT2D eigenvalue weighted by Gasteiger charge is 2.18. The molecule has 2 aromatic rings. The Morgan fingerprint density at radius 2 is 2.00 bits per heavy atom. The summed E-state index contributed by atoms with van der Waals surface area (Å²) >= 11 is 1.08. The zero-order chi connectivity index (χ0) is 21.5. The van der Waals surface area contributed by atoms with Gasteiger partial charge in [0.1, 0.15) is 4.88 Å². The molecule has 2 heterocycles. The van der Waals surface area contributed by atoms with Crippen LogP contribution < -0.4 is 15.5 Å². The Balaban J connectivity index is 1.47. The predicted molar refractivity (Wildman–Crippen MR) is 116 cm³/mol. The van der Waals surface area contributed by atoms with Gasteiger partial charge in [-0.3, -0.25) is 9.59 Å². The molecule has 1 aromatic heterocycles. The molecule has 9 heteroatoms. The zero-order valence-corrected chi connectivity index (χ0v) is 18.0. The number of nitrogens with zero attached hydrogens (tertiary/aromatic N) is 2. The van der Waals surface area contributed by atoms with Crippen molar-refractivity contribution in [3.63, 3.8) is 0 Å². The fourth-order valence-electron chi connectivity index (χ4n) is 3.23. The molecule has 1 fully saturated rings. The number of hydrogen-bond donors (Lipinski definition) is 2. The molecule has 0 spiro atoms. The molecule has 30 heavy (non-hydrogen) atoms. The Morgan fingerprint density at radius 1 is 1.23 bits per heavy atom. The summed E-state index contributed by atoms with van der Waals surface area (Å²) in [6.45, 7) is 5.92. The fourth-order valence-corrected chi connectivity index (χ4v) is 4.10. The second-order valence-corrected chi connectivity index (χ2v) is 7.95. The number of benzene rings is 1. The molecule has 1 aliphatic rings. The van der Waals surface area contributed by atoms with Gasteiger partial charge in [-0.25, -0.2) is 9.78 Å². The number of nitrogens with one attached hydrogen (secondary N) is 2. The maximum absolute atomic E-state index is 12.4. The average Bonchev–Trinajstić information content (AvgIpc) is 3.38. The van der Waals surface area contributed by atoms with Crippen molar-refractivity contribution in [2.45, 2.75) is 33.1 Å². The lowest BCUT2D eigenvalue weighted by molar-refractivity contribution is -0.116. The molecule has 2 amide bonds. The van der Waals surface area contributed by atoms with Crippen molar-refractivity contribution in [2.24, 2.45) is 0 Å². The second kappa shape index (κ2) is 10.2. The Morgan fingerprint density at radius 3 is 2.73 bits per heavy atom. The van der Waals surface area contributed by atoms with Crippen LogP contribution in [-0.2, 0) is 9.53 Å². The summed E-state index contributed by atoms with van der Waals surface area (Å²) in [6, 6.07) is 7.54. The molecule has 8 nitrogen and oxygen atoms in total. The third kappa shape index (κ3) is 5.56. The highest BCUT2D eigenvalue weighted by atomic mass is 32.1. The molecular weight excluding hydrogens is 404 g/mol. The highest BCUT2D eigenvalue weighted by molar-refractivity contribution is 7.17. The van der Waals surface area contributed by atoms with E-state index in [1.54, 1.807) is 19.9 Å². The minimum atomic E-state index is -0.448. The van der Waals surface area contributed by atoms with Gasteiger partial charge >= 0.3 is 5.97 Å². The number of aryl methyl sites for hydroxylation is 1. The molecule has 1 aliphatic heterocycles. The van der Waals surface area contributed by atoms with Crippen LogP contribution >= 0.6 is 11.3 Å². The number of esters is 1. The standard InChI is InChI=1S/C21H26N4O4S/c1-3-29-20(28)18-14(2)23-21(30-18)24-17(26)9-10-22-19(27)15-7-6-8-16(13-15)25-11-4-5-12-25/h6-8,13H,3-5,9-12H2,1-2H3,(H,22,27)(H,23,24,26). The fraction of sp³-hybridized carbons (Fsp3) is 0.429. The largest absolute Gasteiger partial charge is 0.462 e. The molecule has 2 N–H and O–H groups in total. The van der Waals surface area contributed by atoms with Crippen LogP contribution in [0.3, 0.4) is 0 Å². The third-order valence-corrected chi connectivity index (χ3v) is 5.77. The van der Waals surface area contributed by atoms with E-state index in [2.05, 4.69) is 20.5 Å². The van der Waals surface area contributed by atoms with E-state index in [4.69, 9.17) is 4.74 Å². The van der Waals surface area contributed by atoms with Crippen molar-refractivity contribution < 1.29 is 19.1 Å². The first-order valence-corrected chi connectivity index (χ1v) is 10.9. The summed E-state index contributed by atoms with van der Waals surface area (Å²) in [7, 11) is 0. The first-order chi connectivity index (χ1) is 14.5. The van der Waals surface area contributed by atoms with Crippen LogP contribution in [0.15, 0.2) is 24.3 Å². The monoisotopic (exact) mass is 430 g/mol. The summed E-state index contributed by atoms with van der Waals surface area (Å²) in [5, 5.41) is 5.78. The molecule has 0 unspecified atom stereocenters. The van der Waals surface area contributed by atoms with E-state index >= 15 is 0 Å². The van der Waals surface area contributed by atoms with Crippen molar-refractivity contribution in [3.8, 4) is 0 Å². The Labute approximate surface area is 179 Å². The van der Waals surface area contributed by atoms with Crippen LogP contribution in [0.5, 0.6) is 0 Å². The minimum absolute atomic E-state index is 0.102. The van der Waals surface area contributed by atoms with Gasteiger partial charge < -0.3 is 20.3 Å². The van der Waals surface area contributed by atoms with E-state index in [0.29, 0.717) is 21.3 Å². The van der Waals surface area contributed by atoms with Crippen molar-refractivity contribution in [1.29, 1.82) is 0 Å². The summed E-state index contributed by atoms with van der Waals surface area (Å²) in [4.78, 5) is 43.2. The molecule has 1 saturated heterocycles. The summed E-state index contributed by atoms with van der Waals surface area (Å²) < 4.78 is 4.97. The van der Waals surface area contributed by atoms with Crippen molar-refractivity contribution in [2.75, 3.05) is 36.5 Å². The Kier molecular flexibility index (Phi) is 7.40. The predicted octanol–water partition coefficient (Wildman–Crippen LogP) is 2.99. The number of thiazole rings is 1. The van der Waals surface area contributed by atoms with Gasteiger partial charge in [-0.1, -0.05) is 17.4 Å². The number of aromatic nitrogens is 1. The maximum Gasteiger partial charge on any atom is 0.350 e. The van der Waals surface area contributed by atoms with Crippen LogP contribution in [-0.4, -0.2) is 49.0 Å². The van der Waals surface area contributed by atoms with Crippen LogP contribution in [0.1, 0.15) is 51.9 Å². The Bertz CT molecular complexity index is 921. The van der Waals surface area contributed by atoms with E-state index < -0.39 is 5.97 Å². The van der Waals surface area contributed by atoms with Gasteiger partial charge in [0.25, 0.3) is 5.91 Å². The molecule has 1 aromatic carbocycles. The van der Waals surface area contributed by atoms with Gasteiger partial charge in [-0.2, -0.15) is 0 Å². The molecular formula is C21H26N4O4S. The van der Waals surface area contributed by atoms with Crippen LogP contribution in [0.25, 0.3) is 0 Å². The summed E-state index contributed by atoms with van der Waals surface area (Å²) in [5.41, 5.74) is 2.14. The van der Waals surface area contributed by atoms with E-state index in [1.807, 2.05) is 18.2 Å². The zero-order valence-electron chi connectivity index (χ0n) is 17.2. The first-order valence-electron chi connectivity index (χ1n) is 10.1. The molecule has 0 saturated carbocycles. The SMILES string of the molecule is CCOC(=O)c1sc(NC(=O)CCNC(=O)c2cccc(N3CCCC3)c2)nc1C. The lowest BCUT2D eigenvalue weighted by Gasteiger charge is -2.18. The summed E-state index contributed by atoms with van der Waals surface area (Å²) in [6.07, 6.45) is 2.45. The number of rotatable bonds is 8. The van der Waals surface area contributed by atoms with E-state index in [0.717, 1.165) is 30.1 Å². The lowest BCUT2D eigenvalue weighted by Crippen LogP contribution is -2.28. The third-order valence-electron chi connectivity index (χ3n) is 4.72. The number of hydrogen-bond acceptors (Lipinski definition) is 7. The quantitative estimate of drug-likeness (QED) is 0.625. The molecule has 0 atom stereocenters. The van der Waals surface area contributed by atoms with Gasteiger partial charge in [-0.05, 0) is 44.9 Å².